The van der Waals surface area contributed by atoms with E-state index in [9.17, 15) is 4.79 Å². The van der Waals surface area contributed by atoms with E-state index < -0.39 is 0 Å². The molecule has 0 spiro atoms. The maximum atomic E-state index is 12.9. The summed E-state index contributed by atoms with van der Waals surface area (Å²) in [6.45, 7) is 5.41. The van der Waals surface area contributed by atoms with Gasteiger partial charge in [0, 0.05) is 43.6 Å². The number of carbonyl (C=O) groups is 1. The molecule has 5 nitrogen and oxygen atoms in total. The first kappa shape index (κ1) is 20.4. The van der Waals surface area contributed by atoms with Crippen molar-refractivity contribution in [2.45, 2.75) is 43.9 Å². The first-order valence-electron chi connectivity index (χ1n) is 11.7. The third kappa shape index (κ3) is 3.80. The van der Waals surface area contributed by atoms with Crippen molar-refractivity contribution in [2.75, 3.05) is 50.1 Å². The zero-order valence-electron chi connectivity index (χ0n) is 18.5. The number of nitrogens with one attached hydrogen (secondary N) is 1. The van der Waals surface area contributed by atoms with E-state index in [0.29, 0.717) is 0 Å². The number of benzene rings is 2. The highest BCUT2D eigenvalue weighted by Crippen LogP contribution is 2.49. The lowest BCUT2D eigenvalue weighted by Crippen LogP contribution is -2.46. The van der Waals surface area contributed by atoms with Gasteiger partial charge in [0.25, 0.3) is 0 Å². The molecule has 1 N–H and O–H groups in total. The van der Waals surface area contributed by atoms with Crippen LogP contribution in [0.1, 0.15) is 43.2 Å². The largest absolute Gasteiger partial charge is 0.497 e. The third-order valence-electron chi connectivity index (χ3n) is 7.48. The molecule has 1 amide bonds. The Morgan fingerprint density at radius 3 is 2.74 bits per heavy atom. The van der Waals surface area contributed by atoms with E-state index in [1.54, 1.807) is 7.11 Å². The number of methoxy groups -OCH3 is 1. The number of hydrogen-bond donors (Lipinski definition) is 1. The van der Waals surface area contributed by atoms with Gasteiger partial charge in [-0.15, -0.1) is 0 Å². The molecule has 31 heavy (non-hydrogen) atoms. The summed E-state index contributed by atoms with van der Waals surface area (Å²) in [4.78, 5) is 18.0. The van der Waals surface area contributed by atoms with Gasteiger partial charge in [0.05, 0.1) is 12.5 Å². The Labute approximate surface area is 185 Å². The molecular weight excluding hydrogens is 386 g/mol. The summed E-state index contributed by atoms with van der Waals surface area (Å²) in [5.74, 6) is 1.16. The minimum Gasteiger partial charge on any atom is -0.497 e. The fourth-order valence-electron chi connectivity index (χ4n) is 5.81. The lowest BCUT2D eigenvalue weighted by Gasteiger charge is -2.36. The van der Waals surface area contributed by atoms with Gasteiger partial charge in [-0.2, -0.15) is 0 Å². The first-order valence-corrected chi connectivity index (χ1v) is 11.7. The Morgan fingerprint density at radius 2 is 1.90 bits per heavy atom. The van der Waals surface area contributed by atoms with Gasteiger partial charge in [0.2, 0.25) is 5.91 Å². The summed E-state index contributed by atoms with van der Waals surface area (Å²) in [6.07, 6.45) is 6.48. The van der Waals surface area contributed by atoms with Crippen molar-refractivity contribution < 1.29 is 9.53 Å². The molecule has 2 heterocycles. The highest BCUT2D eigenvalue weighted by Gasteiger charge is 2.48. The molecule has 1 unspecified atom stereocenters. The first-order chi connectivity index (χ1) is 15.2. The molecule has 1 saturated heterocycles. The van der Waals surface area contributed by atoms with Crippen LogP contribution in [0, 0.1) is 0 Å². The Morgan fingerprint density at radius 1 is 1.06 bits per heavy atom. The maximum absolute atomic E-state index is 12.9. The number of hydrogen-bond acceptors (Lipinski definition) is 4. The van der Waals surface area contributed by atoms with E-state index in [4.69, 9.17) is 4.74 Å². The van der Waals surface area contributed by atoms with Crippen LogP contribution < -0.4 is 15.0 Å². The summed E-state index contributed by atoms with van der Waals surface area (Å²) in [6, 6.07) is 14.7. The Bertz CT molecular complexity index is 951. The monoisotopic (exact) mass is 419 g/mol. The van der Waals surface area contributed by atoms with Gasteiger partial charge in [-0.1, -0.05) is 24.6 Å². The second kappa shape index (κ2) is 8.54. The Balaban J connectivity index is 1.13. The molecule has 2 aliphatic heterocycles. The normalized spacial score (nSPS) is 22.9. The average molecular weight is 420 g/mol. The average Bonchev–Trinajstić information content (AvgIpc) is 3.10. The molecular formula is C26H33N3O2. The number of carbonyl (C=O) groups excluding carboxylic acids is 1. The van der Waals surface area contributed by atoms with Crippen molar-refractivity contribution in [1.29, 1.82) is 0 Å². The second-order valence-corrected chi connectivity index (χ2v) is 9.22. The number of aryl methyl sites for hydroxylation is 1. The van der Waals surface area contributed by atoms with Crippen LogP contribution in [0.25, 0.3) is 0 Å². The van der Waals surface area contributed by atoms with Crippen LogP contribution in [0.5, 0.6) is 5.75 Å². The summed E-state index contributed by atoms with van der Waals surface area (Å²) >= 11 is 0. The highest BCUT2D eigenvalue weighted by atomic mass is 16.5. The molecule has 5 rings (SSSR count). The van der Waals surface area contributed by atoms with Crippen LogP contribution >= 0.6 is 0 Å². The smallest absolute Gasteiger partial charge is 0.235 e. The maximum Gasteiger partial charge on any atom is 0.235 e. The molecule has 3 aliphatic rings. The van der Waals surface area contributed by atoms with Crippen molar-refractivity contribution >= 4 is 17.3 Å². The van der Waals surface area contributed by atoms with Crippen LogP contribution in [-0.4, -0.2) is 50.6 Å². The van der Waals surface area contributed by atoms with Crippen molar-refractivity contribution in [3.05, 3.63) is 53.6 Å². The minimum absolute atomic E-state index is 0.238. The standard InChI is InChI=1S/C26H33N3O2/c1-31-22-10-5-9-21(19-22)29-17-15-28(16-18-29)14-3-2-12-26-13-6-8-20-7-4-11-23(24(20)26)27-25(26)30/h4-5,7,9-11,19H,2-3,6,8,12-18H2,1H3,(H,27,30). The molecule has 0 radical (unpaired) electrons. The molecule has 1 fully saturated rings. The summed E-state index contributed by atoms with van der Waals surface area (Å²) in [7, 11) is 1.72. The van der Waals surface area contributed by atoms with Crippen molar-refractivity contribution in [3.63, 3.8) is 0 Å². The number of anilines is 2. The zero-order chi connectivity index (χ0) is 21.3. The fourth-order valence-corrected chi connectivity index (χ4v) is 5.81. The van der Waals surface area contributed by atoms with Crippen LogP contribution in [-0.2, 0) is 16.6 Å². The summed E-state index contributed by atoms with van der Waals surface area (Å²) < 4.78 is 5.37. The molecule has 0 bridgehead atoms. The van der Waals surface area contributed by atoms with E-state index in [0.717, 1.165) is 82.7 Å². The van der Waals surface area contributed by atoms with E-state index >= 15 is 0 Å². The molecule has 0 aromatic heterocycles. The predicted molar refractivity (Wildman–Crippen MR) is 125 cm³/mol. The van der Waals surface area contributed by atoms with Gasteiger partial charge in [-0.25, -0.2) is 0 Å². The predicted octanol–water partition coefficient (Wildman–Crippen LogP) is 4.21. The molecule has 2 aromatic rings. The molecule has 0 saturated carbocycles. The molecule has 1 aliphatic carbocycles. The molecule has 1 atom stereocenters. The van der Waals surface area contributed by atoms with Crippen LogP contribution in [0.15, 0.2) is 42.5 Å². The zero-order valence-corrected chi connectivity index (χ0v) is 18.5. The quantitative estimate of drug-likeness (QED) is 0.683. The topological polar surface area (TPSA) is 44.8 Å². The van der Waals surface area contributed by atoms with Gasteiger partial charge < -0.3 is 15.0 Å². The lowest BCUT2D eigenvalue weighted by molar-refractivity contribution is -0.121. The van der Waals surface area contributed by atoms with Gasteiger partial charge >= 0.3 is 0 Å². The third-order valence-corrected chi connectivity index (χ3v) is 7.48. The number of unbranched alkanes of at least 4 members (excludes halogenated alkanes) is 1. The Kier molecular flexibility index (Phi) is 5.61. The van der Waals surface area contributed by atoms with Crippen LogP contribution in [0.3, 0.4) is 0 Å². The number of rotatable bonds is 7. The SMILES string of the molecule is COc1cccc(N2CCN(CCCCC34CCCc5cccc(c53)NC4=O)CC2)c1. The lowest BCUT2D eigenvalue weighted by atomic mass is 9.68. The number of amides is 1. The van der Waals surface area contributed by atoms with E-state index in [1.807, 2.05) is 6.07 Å². The van der Waals surface area contributed by atoms with Crippen molar-refractivity contribution in [1.82, 2.24) is 4.90 Å². The number of nitrogens with zero attached hydrogens (tertiary/aromatic N) is 2. The minimum atomic E-state index is -0.269. The molecule has 164 valence electrons. The molecule has 2 aromatic carbocycles. The highest BCUT2D eigenvalue weighted by molar-refractivity contribution is 6.07. The van der Waals surface area contributed by atoms with E-state index in [2.05, 4.69) is 51.5 Å². The van der Waals surface area contributed by atoms with E-state index in [-0.39, 0.29) is 11.3 Å². The summed E-state index contributed by atoms with van der Waals surface area (Å²) in [5.41, 5.74) is 4.75. The van der Waals surface area contributed by atoms with Gasteiger partial charge in [-0.3, -0.25) is 9.69 Å². The Hall–Kier alpha value is -2.53. The van der Waals surface area contributed by atoms with E-state index in [1.165, 1.54) is 16.8 Å². The molecule has 5 heteroatoms. The summed E-state index contributed by atoms with van der Waals surface area (Å²) in [5, 5.41) is 3.18. The van der Waals surface area contributed by atoms with Crippen LogP contribution in [0.2, 0.25) is 0 Å². The van der Waals surface area contributed by atoms with Crippen LogP contribution in [0.4, 0.5) is 11.4 Å². The fraction of sp³-hybridized carbons (Fsp3) is 0.500. The number of piperazine rings is 1. The number of ether oxygens (including phenoxy) is 1. The van der Waals surface area contributed by atoms with Gasteiger partial charge in [0.15, 0.2) is 0 Å². The van der Waals surface area contributed by atoms with Crippen molar-refractivity contribution in [3.8, 4) is 5.75 Å². The van der Waals surface area contributed by atoms with Crippen molar-refractivity contribution in [2.24, 2.45) is 0 Å². The van der Waals surface area contributed by atoms with Gasteiger partial charge in [0.1, 0.15) is 5.75 Å². The van der Waals surface area contributed by atoms with Gasteiger partial charge in [-0.05, 0) is 68.0 Å². The second-order valence-electron chi connectivity index (χ2n) is 9.22.